The van der Waals surface area contributed by atoms with Crippen LogP contribution in [0.15, 0.2) is 28.7 Å². The van der Waals surface area contributed by atoms with Crippen molar-refractivity contribution in [2.45, 2.75) is 45.2 Å². The molecule has 0 spiro atoms. The first-order valence-electron chi connectivity index (χ1n) is 6.60. The Morgan fingerprint density at radius 1 is 1.35 bits per heavy atom. The molecule has 1 saturated carbocycles. The van der Waals surface area contributed by atoms with Gasteiger partial charge in [0.15, 0.2) is 0 Å². The van der Waals surface area contributed by atoms with E-state index in [9.17, 15) is 0 Å². The molecule has 1 aromatic carbocycles. The van der Waals surface area contributed by atoms with Crippen LogP contribution in [0.2, 0.25) is 0 Å². The average molecular weight is 296 g/mol. The first-order valence-corrected chi connectivity index (χ1v) is 7.39. The molecule has 2 rings (SSSR count). The summed E-state index contributed by atoms with van der Waals surface area (Å²) in [6.07, 6.45) is 5.55. The zero-order valence-electron chi connectivity index (χ0n) is 10.8. The van der Waals surface area contributed by atoms with E-state index < -0.39 is 0 Å². The molecule has 0 saturated heterocycles. The highest BCUT2D eigenvalue weighted by atomic mass is 79.9. The number of nitrogens with zero attached hydrogens (tertiary/aromatic N) is 1. The third-order valence-corrected chi connectivity index (χ3v) is 4.35. The molecule has 1 aliphatic rings. The SMILES string of the molecule is CC1CCCC(N(C)Cc2cccc(Br)c2)C1. The Morgan fingerprint density at radius 3 is 2.88 bits per heavy atom. The molecule has 1 aliphatic carbocycles. The summed E-state index contributed by atoms with van der Waals surface area (Å²) in [5.74, 6) is 0.902. The van der Waals surface area contributed by atoms with Gasteiger partial charge in [-0.1, -0.05) is 47.8 Å². The monoisotopic (exact) mass is 295 g/mol. The van der Waals surface area contributed by atoms with Gasteiger partial charge in [0.1, 0.15) is 0 Å². The summed E-state index contributed by atoms with van der Waals surface area (Å²) in [4.78, 5) is 2.53. The number of hydrogen-bond acceptors (Lipinski definition) is 1. The van der Waals surface area contributed by atoms with E-state index in [0.29, 0.717) is 0 Å². The minimum atomic E-state index is 0.776. The van der Waals surface area contributed by atoms with Crippen LogP contribution >= 0.6 is 15.9 Å². The zero-order chi connectivity index (χ0) is 12.3. The summed E-state index contributed by atoms with van der Waals surface area (Å²) in [7, 11) is 2.27. The summed E-state index contributed by atoms with van der Waals surface area (Å²) >= 11 is 3.54. The van der Waals surface area contributed by atoms with Crippen LogP contribution in [0.1, 0.15) is 38.2 Å². The van der Waals surface area contributed by atoms with E-state index in [2.05, 4.69) is 59.1 Å². The minimum Gasteiger partial charge on any atom is -0.299 e. The van der Waals surface area contributed by atoms with E-state index in [1.807, 2.05) is 0 Å². The van der Waals surface area contributed by atoms with Gasteiger partial charge in [0, 0.05) is 17.1 Å². The van der Waals surface area contributed by atoms with Crippen LogP contribution in [0.25, 0.3) is 0 Å². The van der Waals surface area contributed by atoms with E-state index in [0.717, 1.165) is 18.5 Å². The predicted molar refractivity (Wildman–Crippen MR) is 77.0 cm³/mol. The van der Waals surface area contributed by atoms with Crippen molar-refractivity contribution in [3.05, 3.63) is 34.3 Å². The molecule has 0 aromatic heterocycles. The van der Waals surface area contributed by atoms with E-state index in [4.69, 9.17) is 0 Å². The molecule has 0 radical (unpaired) electrons. The van der Waals surface area contributed by atoms with Crippen molar-refractivity contribution in [2.24, 2.45) is 5.92 Å². The molecule has 2 unspecified atom stereocenters. The van der Waals surface area contributed by atoms with Crippen molar-refractivity contribution < 1.29 is 0 Å². The lowest BCUT2D eigenvalue weighted by Crippen LogP contribution is -2.35. The molecule has 0 N–H and O–H groups in total. The quantitative estimate of drug-likeness (QED) is 0.796. The van der Waals surface area contributed by atoms with Crippen LogP contribution in [-0.2, 0) is 6.54 Å². The van der Waals surface area contributed by atoms with Crippen molar-refractivity contribution in [3.8, 4) is 0 Å². The fourth-order valence-electron chi connectivity index (χ4n) is 2.85. The zero-order valence-corrected chi connectivity index (χ0v) is 12.4. The molecular formula is C15H22BrN. The van der Waals surface area contributed by atoms with Gasteiger partial charge < -0.3 is 0 Å². The smallest absolute Gasteiger partial charge is 0.0234 e. The Bertz CT molecular complexity index is 364. The van der Waals surface area contributed by atoms with Crippen molar-refractivity contribution >= 4 is 15.9 Å². The highest BCUT2D eigenvalue weighted by Crippen LogP contribution is 2.27. The molecule has 94 valence electrons. The van der Waals surface area contributed by atoms with E-state index in [-0.39, 0.29) is 0 Å². The third-order valence-electron chi connectivity index (χ3n) is 3.85. The molecular weight excluding hydrogens is 274 g/mol. The topological polar surface area (TPSA) is 3.24 Å². The lowest BCUT2D eigenvalue weighted by Gasteiger charge is -2.34. The van der Waals surface area contributed by atoms with Crippen LogP contribution in [0.5, 0.6) is 0 Å². The first kappa shape index (κ1) is 13.1. The normalized spacial score (nSPS) is 25.2. The third kappa shape index (κ3) is 3.82. The largest absolute Gasteiger partial charge is 0.299 e. The maximum Gasteiger partial charge on any atom is 0.0234 e. The van der Waals surface area contributed by atoms with Crippen molar-refractivity contribution in [2.75, 3.05) is 7.05 Å². The fourth-order valence-corrected chi connectivity index (χ4v) is 3.30. The first-order chi connectivity index (χ1) is 8.15. The summed E-state index contributed by atoms with van der Waals surface area (Å²) in [5.41, 5.74) is 1.40. The van der Waals surface area contributed by atoms with Gasteiger partial charge in [0.05, 0.1) is 0 Å². The second-order valence-corrected chi connectivity index (χ2v) is 6.39. The number of rotatable bonds is 3. The predicted octanol–water partition coefficient (Wildman–Crippen LogP) is 4.46. The van der Waals surface area contributed by atoms with E-state index in [1.165, 1.54) is 35.7 Å². The summed E-state index contributed by atoms with van der Waals surface area (Å²) in [6, 6.07) is 9.43. The molecule has 0 bridgehead atoms. The second-order valence-electron chi connectivity index (χ2n) is 5.47. The molecule has 1 fully saturated rings. The molecule has 0 amide bonds. The maximum absolute atomic E-state index is 3.54. The molecule has 0 heterocycles. The number of halogens is 1. The Labute approximate surface area is 113 Å². The van der Waals surface area contributed by atoms with Gasteiger partial charge >= 0.3 is 0 Å². The van der Waals surface area contributed by atoms with Gasteiger partial charge in [0.2, 0.25) is 0 Å². The Kier molecular flexibility index (Phi) is 4.63. The average Bonchev–Trinajstić information content (AvgIpc) is 2.29. The molecule has 1 aromatic rings. The second kappa shape index (κ2) is 6.01. The van der Waals surface area contributed by atoms with E-state index in [1.54, 1.807) is 0 Å². The highest BCUT2D eigenvalue weighted by molar-refractivity contribution is 9.10. The van der Waals surface area contributed by atoms with Crippen molar-refractivity contribution in [1.82, 2.24) is 4.90 Å². The minimum absolute atomic E-state index is 0.776. The lowest BCUT2D eigenvalue weighted by molar-refractivity contribution is 0.157. The molecule has 1 nitrogen and oxygen atoms in total. The van der Waals surface area contributed by atoms with Crippen LogP contribution in [-0.4, -0.2) is 18.0 Å². The van der Waals surface area contributed by atoms with Gasteiger partial charge in [-0.25, -0.2) is 0 Å². The molecule has 2 heteroatoms. The lowest BCUT2D eigenvalue weighted by atomic mass is 9.86. The van der Waals surface area contributed by atoms with Crippen LogP contribution < -0.4 is 0 Å². The maximum atomic E-state index is 3.54. The van der Waals surface area contributed by atoms with Gasteiger partial charge in [-0.05, 0) is 43.5 Å². The summed E-state index contributed by atoms with van der Waals surface area (Å²) in [6.45, 7) is 3.45. The number of hydrogen-bond donors (Lipinski definition) is 0. The van der Waals surface area contributed by atoms with Gasteiger partial charge in [-0.15, -0.1) is 0 Å². The molecule has 0 aliphatic heterocycles. The summed E-state index contributed by atoms with van der Waals surface area (Å²) in [5, 5.41) is 0. The summed E-state index contributed by atoms with van der Waals surface area (Å²) < 4.78 is 1.18. The van der Waals surface area contributed by atoms with Gasteiger partial charge in [0.25, 0.3) is 0 Å². The Balaban J connectivity index is 1.94. The number of benzene rings is 1. The van der Waals surface area contributed by atoms with Gasteiger partial charge in [-0.2, -0.15) is 0 Å². The molecule has 2 atom stereocenters. The highest BCUT2D eigenvalue weighted by Gasteiger charge is 2.22. The van der Waals surface area contributed by atoms with Crippen LogP contribution in [0, 0.1) is 5.92 Å². The van der Waals surface area contributed by atoms with Gasteiger partial charge in [-0.3, -0.25) is 4.90 Å². The van der Waals surface area contributed by atoms with Crippen molar-refractivity contribution in [3.63, 3.8) is 0 Å². The van der Waals surface area contributed by atoms with E-state index >= 15 is 0 Å². The fraction of sp³-hybridized carbons (Fsp3) is 0.600. The Hall–Kier alpha value is -0.340. The van der Waals surface area contributed by atoms with Crippen LogP contribution in [0.4, 0.5) is 0 Å². The molecule has 17 heavy (non-hydrogen) atoms. The van der Waals surface area contributed by atoms with Crippen LogP contribution in [0.3, 0.4) is 0 Å². The van der Waals surface area contributed by atoms with Crippen molar-refractivity contribution in [1.29, 1.82) is 0 Å². The standard InChI is InChI=1S/C15H22BrN/c1-12-5-3-8-15(9-12)17(2)11-13-6-4-7-14(16)10-13/h4,6-7,10,12,15H,3,5,8-9,11H2,1-2H3. The Morgan fingerprint density at radius 2 is 2.18 bits per heavy atom.